The standard InChI is InChI=1S/C22H18ClN3S/c1-14-18(16-9-3-2-4-10-16)19-20(24-22(23)25-21(19)27-14)26-13-7-11-15-8-5-6-12-17(15)26/h2-6,8-10,12H,7,11,13H2,1H3. The lowest BCUT2D eigenvalue weighted by Crippen LogP contribution is -2.25. The average molecular weight is 392 g/mol. The second-order valence-electron chi connectivity index (χ2n) is 6.78. The van der Waals surface area contributed by atoms with E-state index in [1.165, 1.54) is 27.3 Å². The Morgan fingerprint density at radius 3 is 2.63 bits per heavy atom. The number of anilines is 2. The first-order valence-corrected chi connectivity index (χ1v) is 10.3. The van der Waals surface area contributed by atoms with E-state index in [2.05, 4.69) is 65.3 Å². The largest absolute Gasteiger partial charge is 0.325 e. The molecule has 4 aromatic rings. The molecule has 134 valence electrons. The van der Waals surface area contributed by atoms with E-state index in [1.807, 2.05) is 6.07 Å². The molecule has 27 heavy (non-hydrogen) atoms. The Morgan fingerprint density at radius 2 is 1.78 bits per heavy atom. The molecule has 5 rings (SSSR count). The first-order valence-electron chi connectivity index (χ1n) is 9.10. The van der Waals surface area contributed by atoms with Gasteiger partial charge in [-0.25, -0.2) is 4.98 Å². The molecule has 1 aliphatic heterocycles. The third-order valence-electron chi connectivity index (χ3n) is 5.11. The summed E-state index contributed by atoms with van der Waals surface area (Å²) >= 11 is 8.02. The molecule has 0 fully saturated rings. The highest BCUT2D eigenvalue weighted by atomic mass is 35.5. The number of hydrogen-bond acceptors (Lipinski definition) is 4. The molecule has 0 N–H and O–H groups in total. The molecule has 2 aromatic carbocycles. The summed E-state index contributed by atoms with van der Waals surface area (Å²) < 4.78 is 0. The SMILES string of the molecule is Cc1sc2nc(Cl)nc(N3CCCc4ccccc43)c2c1-c1ccccc1. The third-order valence-corrected chi connectivity index (χ3v) is 6.28. The van der Waals surface area contributed by atoms with Crippen molar-refractivity contribution in [3.63, 3.8) is 0 Å². The molecule has 0 aliphatic carbocycles. The minimum atomic E-state index is 0.307. The summed E-state index contributed by atoms with van der Waals surface area (Å²) in [5, 5.41) is 1.41. The molecule has 3 heterocycles. The fraction of sp³-hybridized carbons (Fsp3) is 0.182. The summed E-state index contributed by atoms with van der Waals surface area (Å²) in [7, 11) is 0. The maximum absolute atomic E-state index is 6.34. The van der Waals surface area contributed by atoms with Gasteiger partial charge in [0.05, 0.1) is 5.39 Å². The highest BCUT2D eigenvalue weighted by molar-refractivity contribution is 7.19. The Labute approximate surface area is 167 Å². The van der Waals surface area contributed by atoms with Crippen molar-refractivity contribution in [2.24, 2.45) is 0 Å². The van der Waals surface area contributed by atoms with Crippen molar-refractivity contribution < 1.29 is 0 Å². The summed E-state index contributed by atoms with van der Waals surface area (Å²) in [4.78, 5) is 13.7. The first-order chi connectivity index (χ1) is 13.2. The molecule has 0 amide bonds. The topological polar surface area (TPSA) is 29.0 Å². The number of aryl methyl sites for hydroxylation is 2. The van der Waals surface area contributed by atoms with Crippen LogP contribution in [0.1, 0.15) is 16.9 Å². The van der Waals surface area contributed by atoms with E-state index in [9.17, 15) is 0 Å². The van der Waals surface area contributed by atoms with Crippen molar-refractivity contribution in [2.75, 3.05) is 11.4 Å². The Hall–Kier alpha value is -2.43. The molecule has 3 nitrogen and oxygen atoms in total. The van der Waals surface area contributed by atoms with Crippen LogP contribution in [-0.2, 0) is 6.42 Å². The van der Waals surface area contributed by atoms with E-state index < -0.39 is 0 Å². The Kier molecular flexibility index (Phi) is 4.10. The van der Waals surface area contributed by atoms with E-state index in [0.717, 1.165) is 35.4 Å². The molecule has 0 spiro atoms. The van der Waals surface area contributed by atoms with E-state index >= 15 is 0 Å². The van der Waals surface area contributed by atoms with Gasteiger partial charge in [0.15, 0.2) is 0 Å². The summed E-state index contributed by atoms with van der Waals surface area (Å²) in [6.45, 7) is 3.08. The number of benzene rings is 2. The molecular formula is C22H18ClN3S. The van der Waals surface area contributed by atoms with Crippen LogP contribution in [0, 0.1) is 6.92 Å². The number of thiophene rings is 1. The summed E-state index contributed by atoms with van der Waals surface area (Å²) in [6.07, 6.45) is 2.20. The van der Waals surface area contributed by atoms with Gasteiger partial charge in [-0.1, -0.05) is 48.5 Å². The zero-order valence-electron chi connectivity index (χ0n) is 14.9. The molecule has 0 bridgehead atoms. The van der Waals surface area contributed by atoms with E-state index in [4.69, 9.17) is 16.6 Å². The van der Waals surface area contributed by atoms with Crippen molar-refractivity contribution in [1.29, 1.82) is 0 Å². The van der Waals surface area contributed by atoms with Crippen LogP contribution in [0.5, 0.6) is 0 Å². The van der Waals surface area contributed by atoms with Gasteiger partial charge in [0, 0.05) is 22.7 Å². The van der Waals surface area contributed by atoms with Gasteiger partial charge in [-0.05, 0) is 48.6 Å². The molecule has 0 radical (unpaired) electrons. The van der Waals surface area contributed by atoms with Gasteiger partial charge in [-0.3, -0.25) is 0 Å². The van der Waals surface area contributed by atoms with Crippen molar-refractivity contribution in [2.45, 2.75) is 19.8 Å². The van der Waals surface area contributed by atoms with Gasteiger partial charge in [0.25, 0.3) is 0 Å². The van der Waals surface area contributed by atoms with Gasteiger partial charge in [-0.15, -0.1) is 11.3 Å². The quantitative estimate of drug-likeness (QED) is 0.370. The molecule has 0 saturated carbocycles. The number of nitrogens with zero attached hydrogens (tertiary/aromatic N) is 3. The number of hydrogen-bond donors (Lipinski definition) is 0. The number of rotatable bonds is 2. The number of fused-ring (bicyclic) bond motifs is 2. The van der Waals surface area contributed by atoms with Crippen LogP contribution in [0.15, 0.2) is 54.6 Å². The van der Waals surface area contributed by atoms with Crippen molar-refractivity contribution in [1.82, 2.24) is 9.97 Å². The van der Waals surface area contributed by atoms with Gasteiger partial charge < -0.3 is 4.90 Å². The van der Waals surface area contributed by atoms with Crippen LogP contribution in [0.25, 0.3) is 21.3 Å². The summed E-state index contributed by atoms with van der Waals surface area (Å²) in [5.41, 5.74) is 4.99. The zero-order chi connectivity index (χ0) is 18.4. The van der Waals surface area contributed by atoms with Crippen LogP contribution in [-0.4, -0.2) is 16.5 Å². The third kappa shape index (κ3) is 2.80. The van der Waals surface area contributed by atoms with E-state index in [-0.39, 0.29) is 0 Å². The van der Waals surface area contributed by atoms with Crippen LogP contribution >= 0.6 is 22.9 Å². The monoisotopic (exact) mass is 391 g/mol. The lowest BCUT2D eigenvalue weighted by molar-refractivity contribution is 0.761. The van der Waals surface area contributed by atoms with Crippen LogP contribution in [0.3, 0.4) is 0 Å². The molecule has 0 atom stereocenters. The fourth-order valence-corrected chi connectivity index (χ4v) is 5.22. The Bertz CT molecular complexity index is 1140. The number of aromatic nitrogens is 2. The first kappa shape index (κ1) is 16.7. The lowest BCUT2D eigenvalue weighted by Gasteiger charge is -2.31. The Balaban J connectivity index is 1.81. The van der Waals surface area contributed by atoms with Crippen LogP contribution in [0.4, 0.5) is 11.5 Å². The Morgan fingerprint density at radius 1 is 1.00 bits per heavy atom. The van der Waals surface area contributed by atoms with Crippen molar-refractivity contribution in [3.8, 4) is 11.1 Å². The second kappa shape index (κ2) is 6.63. The fourth-order valence-electron chi connectivity index (χ4n) is 3.97. The van der Waals surface area contributed by atoms with E-state index in [0.29, 0.717) is 5.28 Å². The van der Waals surface area contributed by atoms with Gasteiger partial charge in [0.1, 0.15) is 10.6 Å². The van der Waals surface area contributed by atoms with E-state index in [1.54, 1.807) is 11.3 Å². The summed E-state index contributed by atoms with van der Waals surface area (Å²) in [5.74, 6) is 0.917. The van der Waals surface area contributed by atoms with Crippen molar-refractivity contribution in [3.05, 3.63) is 70.3 Å². The summed E-state index contributed by atoms with van der Waals surface area (Å²) in [6, 6.07) is 19.1. The normalized spacial score (nSPS) is 13.8. The molecule has 1 aliphatic rings. The van der Waals surface area contributed by atoms with Crippen LogP contribution < -0.4 is 4.90 Å². The maximum atomic E-state index is 6.34. The predicted molar refractivity (Wildman–Crippen MR) is 114 cm³/mol. The maximum Gasteiger partial charge on any atom is 0.225 e. The van der Waals surface area contributed by atoms with Gasteiger partial charge in [-0.2, -0.15) is 4.98 Å². The minimum absolute atomic E-state index is 0.307. The highest BCUT2D eigenvalue weighted by Crippen LogP contribution is 2.44. The minimum Gasteiger partial charge on any atom is -0.325 e. The number of halogens is 1. The lowest BCUT2D eigenvalue weighted by atomic mass is 10.00. The van der Waals surface area contributed by atoms with Gasteiger partial charge >= 0.3 is 0 Å². The van der Waals surface area contributed by atoms with Gasteiger partial charge in [0.2, 0.25) is 5.28 Å². The predicted octanol–water partition coefficient (Wildman–Crippen LogP) is 6.40. The second-order valence-corrected chi connectivity index (χ2v) is 8.32. The number of para-hydroxylation sites is 1. The average Bonchev–Trinajstić information content (AvgIpc) is 3.03. The van der Waals surface area contributed by atoms with Crippen LogP contribution in [0.2, 0.25) is 5.28 Å². The van der Waals surface area contributed by atoms with Crippen molar-refractivity contribution >= 4 is 44.7 Å². The molecule has 0 unspecified atom stereocenters. The highest BCUT2D eigenvalue weighted by Gasteiger charge is 2.25. The molecule has 2 aromatic heterocycles. The smallest absolute Gasteiger partial charge is 0.225 e. The molecule has 0 saturated heterocycles. The zero-order valence-corrected chi connectivity index (χ0v) is 16.5. The molecular weight excluding hydrogens is 374 g/mol. The molecule has 5 heteroatoms.